The Morgan fingerprint density at radius 2 is 1.05 bits per heavy atom. The first-order valence-corrected chi connectivity index (χ1v) is 10.1. The predicted molar refractivity (Wildman–Crippen MR) is 92.2 cm³/mol. The predicted octanol–water partition coefficient (Wildman–Crippen LogP) is 5.20. The number of ether oxygens (including phenoxy) is 2. The van der Waals surface area contributed by atoms with Crippen molar-refractivity contribution >= 4 is 11.8 Å². The van der Waals surface area contributed by atoms with Crippen LogP contribution in [0.2, 0.25) is 0 Å². The number of thioether (sulfide) groups is 1. The molecule has 2 aliphatic rings. The van der Waals surface area contributed by atoms with Crippen molar-refractivity contribution in [3.63, 3.8) is 0 Å². The Hall–Kier alpha value is 0.270. The van der Waals surface area contributed by atoms with Crippen LogP contribution in [0.1, 0.15) is 78.1 Å². The lowest BCUT2D eigenvalue weighted by Crippen LogP contribution is -2.27. The second-order valence-electron chi connectivity index (χ2n) is 6.68. The van der Waals surface area contributed by atoms with Gasteiger partial charge in [-0.2, -0.15) is 11.8 Å². The van der Waals surface area contributed by atoms with Crippen molar-refractivity contribution < 1.29 is 9.47 Å². The third-order valence-electron chi connectivity index (χ3n) is 4.74. The van der Waals surface area contributed by atoms with Gasteiger partial charge in [-0.05, 0) is 64.2 Å². The van der Waals surface area contributed by atoms with E-state index in [-0.39, 0.29) is 0 Å². The van der Waals surface area contributed by atoms with Crippen LogP contribution in [0.15, 0.2) is 0 Å². The summed E-state index contributed by atoms with van der Waals surface area (Å²) in [4.78, 5) is 0. The molecule has 0 spiro atoms. The summed E-state index contributed by atoms with van der Waals surface area (Å²) in [7, 11) is 0. The van der Waals surface area contributed by atoms with Gasteiger partial charge >= 0.3 is 0 Å². The molecular formula is C18H34O2S. The van der Waals surface area contributed by atoms with Crippen molar-refractivity contribution in [3.05, 3.63) is 0 Å². The fraction of sp³-hybridized carbons (Fsp3) is 1.00. The van der Waals surface area contributed by atoms with Crippen LogP contribution in [-0.4, -0.2) is 35.9 Å². The minimum absolute atomic E-state index is 0.556. The number of hydrogen-bond acceptors (Lipinski definition) is 3. The number of rotatable bonds is 8. The molecular weight excluding hydrogens is 280 g/mol. The van der Waals surface area contributed by atoms with E-state index in [1.165, 1.54) is 51.4 Å². The van der Waals surface area contributed by atoms with Crippen LogP contribution in [0, 0.1) is 0 Å². The lowest BCUT2D eigenvalue weighted by Gasteiger charge is -2.33. The average Bonchev–Trinajstić information content (AvgIpc) is 2.53. The quantitative estimate of drug-likeness (QED) is 0.614. The summed E-state index contributed by atoms with van der Waals surface area (Å²) in [6.07, 6.45) is 14.0. The summed E-state index contributed by atoms with van der Waals surface area (Å²) in [6.45, 7) is 6.29. The normalized spacial score (nSPS) is 34.0. The summed E-state index contributed by atoms with van der Waals surface area (Å²) in [5, 5.41) is 1.79. The first-order chi connectivity index (χ1) is 10.3. The summed E-state index contributed by atoms with van der Waals surface area (Å²) < 4.78 is 11.8. The van der Waals surface area contributed by atoms with Crippen molar-refractivity contribution in [1.29, 1.82) is 0 Å². The standard InChI is InChI=1S/C18H34O2S/c1-3-13-19-15-5-9-17(10-6-15)21-18-11-7-16(8-12-18)20-14-4-2/h15-18H,3-14H2,1-2H3. The lowest BCUT2D eigenvalue weighted by molar-refractivity contribution is 0.0285. The molecule has 2 saturated carbocycles. The Morgan fingerprint density at radius 1 is 0.667 bits per heavy atom. The van der Waals surface area contributed by atoms with Crippen LogP contribution in [0.5, 0.6) is 0 Å². The van der Waals surface area contributed by atoms with Crippen LogP contribution >= 0.6 is 11.8 Å². The summed E-state index contributed by atoms with van der Waals surface area (Å²) >= 11 is 2.28. The van der Waals surface area contributed by atoms with E-state index in [1.54, 1.807) is 0 Å². The molecule has 0 aromatic carbocycles. The minimum atomic E-state index is 0.556. The van der Waals surface area contributed by atoms with Crippen molar-refractivity contribution in [1.82, 2.24) is 0 Å². The van der Waals surface area contributed by atoms with E-state index in [0.717, 1.165) is 36.6 Å². The molecule has 0 radical (unpaired) electrons. The second-order valence-corrected chi connectivity index (χ2v) is 8.28. The molecule has 2 nitrogen and oxygen atoms in total. The molecule has 0 heterocycles. The first kappa shape index (κ1) is 17.6. The van der Waals surface area contributed by atoms with Gasteiger partial charge in [0.1, 0.15) is 0 Å². The first-order valence-electron chi connectivity index (χ1n) is 9.20. The van der Waals surface area contributed by atoms with Gasteiger partial charge in [0.2, 0.25) is 0 Å². The highest BCUT2D eigenvalue weighted by atomic mass is 32.2. The van der Waals surface area contributed by atoms with E-state index in [2.05, 4.69) is 25.6 Å². The van der Waals surface area contributed by atoms with Crippen molar-refractivity contribution in [2.45, 2.75) is 101 Å². The molecule has 2 rings (SSSR count). The van der Waals surface area contributed by atoms with Gasteiger partial charge in [0, 0.05) is 23.7 Å². The van der Waals surface area contributed by atoms with Crippen LogP contribution in [0.4, 0.5) is 0 Å². The van der Waals surface area contributed by atoms with E-state index < -0.39 is 0 Å². The van der Waals surface area contributed by atoms with Gasteiger partial charge in [0.25, 0.3) is 0 Å². The van der Waals surface area contributed by atoms with E-state index in [9.17, 15) is 0 Å². The Morgan fingerprint density at radius 3 is 1.38 bits per heavy atom. The van der Waals surface area contributed by atoms with Gasteiger partial charge in [-0.1, -0.05) is 13.8 Å². The van der Waals surface area contributed by atoms with Gasteiger partial charge in [-0.3, -0.25) is 0 Å². The molecule has 0 aliphatic heterocycles. The molecule has 0 bridgehead atoms. The van der Waals surface area contributed by atoms with Crippen LogP contribution in [0.3, 0.4) is 0 Å². The number of hydrogen-bond donors (Lipinski definition) is 0. The monoisotopic (exact) mass is 314 g/mol. The van der Waals surface area contributed by atoms with Crippen molar-refractivity contribution in [2.24, 2.45) is 0 Å². The molecule has 0 N–H and O–H groups in total. The Bertz CT molecular complexity index is 230. The fourth-order valence-electron chi connectivity index (χ4n) is 3.51. The van der Waals surface area contributed by atoms with Gasteiger partial charge in [0.15, 0.2) is 0 Å². The Kier molecular flexibility index (Phi) is 8.49. The zero-order valence-electron chi connectivity index (χ0n) is 14.0. The molecule has 0 saturated heterocycles. The van der Waals surface area contributed by atoms with Crippen LogP contribution in [-0.2, 0) is 9.47 Å². The fourth-order valence-corrected chi connectivity index (χ4v) is 5.14. The molecule has 2 aliphatic carbocycles. The minimum Gasteiger partial charge on any atom is -0.378 e. The van der Waals surface area contributed by atoms with E-state index in [0.29, 0.717) is 12.2 Å². The molecule has 0 unspecified atom stereocenters. The largest absolute Gasteiger partial charge is 0.378 e. The zero-order chi connectivity index (χ0) is 14.9. The summed E-state index contributed by atoms with van der Waals surface area (Å²) in [5.74, 6) is 0. The van der Waals surface area contributed by atoms with Gasteiger partial charge in [0.05, 0.1) is 12.2 Å². The third-order valence-corrected chi connectivity index (χ3v) is 6.46. The molecule has 2 fully saturated rings. The van der Waals surface area contributed by atoms with Gasteiger partial charge in [-0.15, -0.1) is 0 Å². The van der Waals surface area contributed by atoms with Crippen molar-refractivity contribution in [3.8, 4) is 0 Å². The highest BCUT2D eigenvalue weighted by Crippen LogP contribution is 2.38. The molecule has 0 aromatic heterocycles. The van der Waals surface area contributed by atoms with Gasteiger partial charge < -0.3 is 9.47 Å². The maximum atomic E-state index is 5.90. The summed E-state index contributed by atoms with van der Waals surface area (Å²) in [6, 6.07) is 0. The lowest BCUT2D eigenvalue weighted by atomic mass is 9.96. The molecule has 0 aromatic rings. The molecule has 21 heavy (non-hydrogen) atoms. The topological polar surface area (TPSA) is 18.5 Å². The van der Waals surface area contributed by atoms with E-state index in [1.807, 2.05) is 0 Å². The van der Waals surface area contributed by atoms with Crippen molar-refractivity contribution in [2.75, 3.05) is 13.2 Å². The molecule has 124 valence electrons. The average molecular weight is 315 g/mol. The molecule has 0 amide bonds. The maximum Gasteiger partial charge on any atom is 0.0576 e. The third kappa shape index (κ3) is 6.50. The maximum absolute atomic E-state index is 5.90. The summed E-state index contributed by atoms with van der Waals surface area (Å²) in [5.41, 5.74) is 0. The zero-order valence-corrected chi connectivity index (χ0v) is 14.8. The van der Waals surface area contributed by atoms with E-state index in [4.69, 9.17) is 9.47 Å². The second kappa shape index (κ2) is 10.1. The highest BCUT2D eigenvalue weighted by Gasteiger charge is 2.27. The molecule has 0 atom stereocenters. The molecule has 3 heteroatoms. The SMILES string of the molecule is CCCOC1CCC(SC2CCC(OCCC)CC2)CC1. The van der Waals surface area contributed by atoms with E-state index >= 15 is 0 Å². The smallest absolute Gasteiger partial charge is 0.0576 e. The highest BCUT2D eigenvalue weighted by molar-refractivity contribution is 8.00. The Labute approximate surface area is 135 Å². The van der Waals surface area contributed by atoms with Crippen LogP contribution < -0.4 is 0 Å². The van der Waals surface area contributed by atoms with Crippen LogP contribution in [0.25, 0.3) is 0 Å². The Balaban J connectivity index is 1.57. The van der Waals surface area contributed by atoms with Gasteiger partial charge in [-0.25, -0.2) is 0 Å².